The van der Waals surface area contributed by atoms with Gasteiger partial charge < -0.3 is 14.5 Å². The lowest BCUT2D eigenvalue weighted by Gasteiger charge is -2.16. The van der Waals surface area contributed by atoms with Crippen molar-refractivity contribution >= 4 is 22.6 Å². The molecule has 1 aromatic heterocycles. The van der Waals surface area contributed by atoms with Crippen molar-refractivity contribution in [2.24, 2.45) is 0 Å². The summed E-state index contributed by atoms with van der Waals surface area (Å²) in [5.41, 5.74) is 4.73. The zero-order chi connectivity index (χ0) is 18.0. The van der Waals surface area contributed by atoms with E-state index in [4.69, 9.17) is 9.15 Å². The molecule has 0 aliphatic carbocycles. The largest absolute Gasteiger partial charge is 0.497 e. The molecule has 0 fully saturated rings. The average Bonchev–Trinajstić information content (AvgIpc) is 2.98. The van der Waals surface area contributed by atoms with E-state index in [9.17, 15) is 4.79 Å². The molecule has 3 rings (SSSR count). The van der Waals surface area contributed by atoms with Crippen LogP contribution in [0.25, 0.3) is 11.0 Å². The van der Waals surface area contributed by atoms with Crippen LogP contribution in [-0.4, -0.2) is 13.0 Å². The molecule has 0 unspecified atom stereocenters. The van der Waals surface area contributed by atoms with Crippen LogP contribution in [0.4, 0.5) is 5.69 Å². The molecule has 0 radical (unpaired) electrons. The number of methoxy groups -OCH3 is 1. The number of anilines is 1. The van der Waals surface area contributed by atoms with Crippen LogP contribution in [-0.2, 0) is 11.2 Å². The number of nitrogens with one attached hydrogen (secondary N) is 1. The molecule has 0 bridgehead atoms. The van der Waals surface area contributed by atoms with Crippen molar-refractivity contribution in [1.82, 2.24) is 0 Å². The Morgan fingerprint density at radius 2 is 2.04 bits per heavy atom. The van der Waals surface area contributed by atoms with E-state index in [1.807, 2.05) is 37.3 Å². The Hall–Kier alpha value is -2.75. The van der Waals surface area contributed by atoms with E-state index in [0.717, 1.165) is 39.1 Å². The number of para-hydroxylation sites is 1. The number of furan rings is 1. The second-order valence-electron chi connectivity index (χ2n) is 6.54. The number of hydrogen-bond acceptors (Lipinski definition) is 3. The molecule has 1 amide bonds. The maximum atomic E-state index is 12.6. The van der Waals surface area contributed by atoms with Gasteiger partial charge in [0.25, 0.3) is 0 Å². The molecule has 4 heteroatoms. The maximum Gasteiger partial charge on any atom is 0.228 e. The highest BCUT2D eigenvalue weighted by Crippen LogP contribution is 2.29. The van der Waals surface area contributed by atoms with E-state index in [0.29, 0.717) is 5.92 Å². The minimum absolute atomic E-state index is 0.0466. The van der Waals surface area contributed by atoms with Crippen LogP contribution in [0, 0.1) is 6.92 Å². The third kappa shape index (κ3) is 3.53. The van der Waals surface area contributed by atoms with Crippen LogP contribution in [0.2, 0.25) is 0 Å². The number of benzene rings is 2. The quantitative estimate of drug-likeness (QED) is 0.708. The van der Waals surface area contributed by atoms with Gasteiger partial charge in [0.2, 0.25) is 5.91 Å². The zero-order valence-corrected chi connectivity index (χ0v) is 15.1. The fraction of sp³-hybridized carbons (Fsp3) is 0.286. The van der Waals surface area contributed by atoms with Crippen LogP contribution >= 0.6 is 0 Å². The molecular formula is C21H23NO3. The summed E-state index contributed by atoms with van der Waals surface area (Å²) < 4.78 is 10.8. The Labute approximate surface area is 147 Å². The van der Waals surface area contributed by atoms with Crippen LogP contribution in [0.3, 0.4) is 0 Å². The monoisotopic (exact) mass is 337 g/mol. The third-order valence-corrected chi connectivity index (χ3v) is 4.41. The fourth-order valence-electron chi connectivity index (χ4n) is 3.03. The van der Waals surface area contributed by atoms with E-state index >= 15 is 0 Å². The summed E-state index contributed by atoms with van der Waals surface area (Å²) >= 11 is 0. The smallest absolute Gasteiger partial charge is 0.228 e. The van der Waals surface area contributed by atoms with Crippen LogP contribution < -0.4 is 10.1 Å². The molecule has 1 N–H and O–H groups in total. The summed E-state index contributed by atoms with van der Waals surface area (Å²) in [6.45, 7) is 6.27. The molecule has 25 heavy (non-hydrogen) atoms. The molecule has 4 nitrogen and oxygen atoms in total. The van der Waals surface area contributed by atoms with E-state index in [-0.39, 0.29) is 12.3 Å². The number of hydrogen-bond donors (Lipinski definition) is 1. The average molecular weight is 337 g/mol. The van der Waals surface area contributed by atoms with Gasteiger partial charge in [0.05, 0.1) is 19.8 Å². The van der Waals surface area contributed by atoms with Crippen LogP contribution in [0.5, 0.6) is 5.75 Å². The van der Waals surface area contributed by atoms with E-state index < -0.39 is 0 Å². The Kier molecular flexibility index (Phi) is 4.79. The Morgan fingerprint density at radius 3 is 2.76 bits per heavy atom. The number of carbonyl (C=O) groups is 1. The van der Waals surface area contributed by atoms with Gasteiger partial charge in [-0.25, -0.2) is 0 Å². The number of aryl methyl sites for hydroxylation is 1. The van der Waals surface area contributed by atoms with Crippen LogP contribution in [0.15, 0.2) is 47.1 Å². The Balaban J connectivity index is 1.82. The van der Waals surface area contributed by atoms with Crippen molar-refractivity contribution in [2.45, 2.75) is 33.1 Å². The molecule has 0 atom stereocenters. The summed E-state index contributed by atoms with van der Waals surface area (Å²) in [6, 6.07) is 11.7. The van der Waals surface area contributed by atoms with Gasteiger partial charge in [0.1, 0.15) is 11.3 Å². The second-order valence-corrected chi connectivity index (χ2v) is 6.54. The molecule has 1 heterocycles. The fourth-order valence-corrected chi connectivity index (χ4v) is 3.03. The Bertz CT molecular complexity index is 909. The van der Waals surface area contributed by atoms with Gasteiger partial charge >= 0.3 is 0 Å². The van der Waals surface area contributed by atoms with Gasteiger partial charge in [-0.05, 0) is 36.1 Å². The zero-order valence-electron chi connectivity index (χ0n) is 15.1. The summed E-state index contributed by atoms with van der Waals surface area (Å²) in [6.07, 6.45) is 1.91. The minimum atomic E-state index is -0.0466. The van der Waals surface area contributed by atoms with Gasteiger partial charge in [-0.1, -0.05) is 32.0 Å². The number of ether oxygens (including phenoxy) is 1. The molecule has 2 aromatic carbocycles. The lowest BCUT2D eigenvalue weighted by Crippen LogP contribution is -2.16. The maximum absolute atomic E-state index is 12.6. The SMILES string of the molecule is COc1ccc2c(CC(=O)Nc3c(C)cccc3C(C)C)coc2c1. The first-order valence-electron chi connectivity index (χ1n) is 8.43. The molecule has 0 saturated heterocycles. The highest BCUT2D eigenvalue weighted by Gasteiger charge is 2.15. The van der Waals surface area contributed by atoms with Crippen molar-refractivity contribution in [2.75, 3.05) is 12.4 Å². The van der Waals surface area contributed by atoms with Gasteiger partial charge in [-0.15, -0.1) is 0 Å². The first-order chi connectivity index (χ1) is 12.0. The molecule has 0 spiro atoms. The minimum Gasteiger partial charge on any atom is -0.497 e. The van der Waals surface area contributed by atoms with Crippen molar-refractivity contribution in [1.29, 1.82) is 0 Å². The predicted molar refractivity (Wildman–Crippen MR) is 100 cm³/mol. The molecule has 0 aliphatic heterocycles. The molecule has 130 valence electrons. The first-order valence-corrected chi connectivity index (χ1v) is 8.43. The third-order valence-electron chi connectivity index (χ3n) is 4.41. The summed E-state index contributed by atoms with van der Waals surface area (Å²) in [4.78, 5) is 12.6. The number of rotatable bonds is 5. The topological polar surface area (TPSA) is 51.5 Å². The van der Waals surface area contributed by atoms with Crippen molar-refractivity contribution in [3.63, 3.8) is 0 Å². The second kappa shape index (κ2) is 7.01. The van der Waals surface area contributed by atoms with Crippen molar-refractivity contribution in [3.8, 4) is 5.75 Å². The van der Waals surface area contributed by atoms with Gasteiger partial charge in [-0.2, -0.15) is 0 Å². The van der Waals surface area contributed by atoms with Gasteiger partial charge in [0.15, 0.2) is 0 Å². The predicted octanol–water partition coefficient (Wildman–Crippen LogP) is 5.05. The molecular weight excluding hydrogens is 314 g/mol. The summed E-state index contributed by atoms with van der Waals surface area (Å²) in [5, 5.41) is 4.02. The lowest BCUT2D eigenvalue weighted by atomic mass is 9.98. The number of amides is 1. The van der Waals surface area contributed by atoms with Crippen molar-refractivity contribution in [3.05, 3.63) is 59.4 Å². The summed E-state index contributed by atoms with van der Waals surface area (Å²) in [7, 11) is 1.62. The van der Waals surface area contributed by atoms with Crippen molar-refractivity contribution < 1.29 is 13.9 Å². The van der Waals surface area contributed by atoms with Crippen LogP contribution in [0.1, 0.15) is 36.5 Å². The normalized spacial score (nSPS) is 11.1. The van der Waals surface area contributed by atoms with Gasteiger partial charge in [0, 0.05) is 22.7 Å². The van der Waals surface area contributed by atoms with E-state index in [1.54, 1.807) is 13.4 Å². The van der Waals surface area contributed by atoms with E-state index in [2.05, 4.69) is 25.2 Å². The number of carbonyl (C=O) groups excluding carboxylic acids is 1. The molecule has 3 aromatic rings. The highest BCUT2D eigenvalue weighted by atomic mass is 16.5. The summed E-state index contributed by atoms with van der Waals surface area (Å²) in [5.74, 6) is 1.03. The first kappa shape index (κ1) is 17.1. The van der Waals surface area contributed by atoms with E-state index in [1.165, 1.54) is 0 Å². The number of fused-ring (bicyclic) bond motifs is 1. The lowest BCUT2D eigenvalue weighted by molar-refractivity contribution is -0.115. The standard InChI is InChI=1S/C21H23NO3/c1-13(2)17-7-5-6-14(3)21(17)22-20(23)10-15-12-25-19-11-16(24-4)8-9-18(15)19/h5-9,11-13H,10H2,1-4H3,(H,22,23). The highest BCUT2D eigenvalue weighted by molar-refractivity contribution is 5.96. The molecule has 0 aliphatic rings. The van der Waals surface area contributed by atoms with Gasteiger partial charge in [-0.3, -0.25) is 4.79 Å². The Morgan fingerprint density at radius 1 is 1.24 bits per heavy atom. The molecule has 0 saturated carbocycles.